The number of ether oxygens (including phenoxy) is 1. The second-order valence-corrected chi connectivity index (χ2v) is 7.20. The maximum Gasteiger partial charge on any atom is 0.142 e. The molecule has 2 unspecified atom stereocenters. The Labute approximate surface area is 122 Å². The van der Waals surface area contributed by atoms with E-state index < -0.39 is 0 Å². The molecule has 3 heteroatoms. The molecule has 0 spiro atoms. The summed E-state index contributed by atoms with van der Waals surface area (Å²) >= 11 is 0. The largest absolute Gasteiger partial charge is 0.495 e. The van der Waals surface area contributed by atoms with Gasteiger partial charge in [-0.15, -0.1) is 0 Å². The molecule has 0 amide bonds. The smallest absolute Gasteiger partial charge is 0.142 e. The monoisotopic (exact) mass is 276 g/mol. The zero-order valence-corrected chi connectivity index (χ0v) is 13.3. The first kappa shape index (κ1) is 15.3. The zero-order valence-electron chi connectivity index (χ0n) is 13.3. The van der Waals surface area contributed by atoms with E-state index in [9.17, 15) is 0 Å². The van der Waals surface area contributed by atoms with Crippen LogP contribution < -0.4 is 10.5 Å². The number of nitrogens with two attached hydrogens (primary N) is 1. The molecule has 112 valence electrons. The lowest BCUT2D eigenvalue weighted by molar-refractivity contribution is 0.210. The fourth-order valence-electron chi connectivity index (χ4n) is 3.40. The molecule has 0 aliphatic heterocycles. The van der Waals surface area contributed by atoms with Gasteiger partial charge in [-0.2, -0.15) is 0 Å². The first-order valence-electron chi connectivity index (χ1n) is 7.65. The third-order valence-electron chi connectivity index (χ3n) is 4.80. The Morgan fingerprint density at radius 3 is 2.70 bits per heavy atom. The molecule has 0 saturated heterocycles. The molecule has 1 fully saturated rings. The Bertz CT molecular complexity index is 453. The van der Waals surface area contributed by atoms with Crippen molar-refractivity contribution < 1.29 is 4.74 Å². The minimum atomic E-state index is -0.341. The number of pyridine rings is 1. The number of aromatic nitrogens is 1. The van der Waals surface area contributed by atoms with Crippen molar-refractivity contribution in [3.63, 3.8) is 0 Å². The minimum absolute atomic E-state index is 0.341. The van der Waals surface area contributed by atoms with Crippen LogP contribution in [0.15, 0.2) is 18.3 Å². The maximum absolute atomic E-state index is 6.72. The highest BCUT2D eigenvalue weighted by atomic mass is 16.5. The highest BCUT2D eigenvalue weighted by molar-refractivity contribution is 5.33. The Balaban J connectivity index is 2.23. The highest BCUT2D eigenvalue weighted by Gasteiger charge is 2.37. The summed E-state index contributed by atoms with van der Waals surface area (Å²) in [7, 11) is 1.69. The van der Waals surface area contributed by atoms with Crippen molar-refractivity contribution in [2.75, 3.05) is 7.11 Å². The van der Waals surface area contributed by atoms with E-state index in [-0.39, 0.29) is 5.54 Å². The molecule has 1 aliphatic carbocycles. The summed E-state index contributed by atoms with van der Waals surface area (Å²) in [5.74, 6) is 1.56. The third-order valence-corrected chi connectivity index (χ3v) is 4.80. The van der Waals surface area contributed by atoms with Gasteiger partial charge in [0, 0.05) is 6.20 Å². The predicted molar refractivity (Wildman–Crippen MR) is 82.7 cm³/mol. The first-order valence-corrected chi connectivity index (χ1v) is 7.65. The molecule has 20 heavy (non-hydrogen) atoms. The molecule has 1 aromatic heterocycles. The van der Waals surface area contributed by atoms with Crippen LogP contribution in [0, 0.1) is 11.3 Å². The lowest BCUT2D eigenvalue weighted by Crippen LogP contribution is -2.37. The second-order valence-electron chi connectivity index (χ2n) is 7.20. The van der Waals surface area contributed by atoms with E-state index >= 15 is 0 Å². The fourth-order valence-corrected chi connectivity index (χ4v) is 3.40. The number of rotatable bonds is 2. The van der Waals surface area contributed by atoms with Gasteiger partial charge in [-0.1, -0.05) is 27.2 Å². The van der Waals surface area contributed by atoms with E-state index in [2.05, 4.69) is 25.8 Å². The van der Waals surface area contributed by atoms with Gasteiger partial charge in [-0.25, -0.2) is 0 Å². The van der Waals surface area contributed by atoms with Crippen LogP contribution in [-0.4, -0.2) is 12.1 Å². The topological polar surface area (TPSA) is 48.1 Å². The summed E-state index contributed by atoms with van der Waals surface area (Å²) in [5, 5.41) is 0. The summed E-state index contributed by atoms with van der Waals surface area (Å²) in [6.07, 6.45) is 7.39. The number of hydrogen-bond acceptors (Lipinski definition) is 3. The van der Waals surface area contributed by atoms with Crippen LogP contribution in [0.4, 0.5) is 0 Å². The molecular weight excluding hydrogens is 248 g/mol. The van der Waals surface area contributed by atoms with E-state index in [1.54, 1.807) is 7.11 Å². The van der Waals surface area contributed by atoms with Crippen LogP contribution in [-0.2, 0) is 5.54 Å². The van der Waals surface area contributed by atoms with Crippen molar-refractivity contribution in [1.29, 1.82) is 0 Å². The first-order chi connectivity index (χ1) is 9.37. The van der Waals surface area contributed by atoms with Crippen molar-refractivity contribution >= 4 is 0 Å². The number of hydrogen-bond donors (Lipinski definition) is 1. The SMILES string of the molecule is COc1cccnc1C1(N)CCCC(C(C)(C)C)CC1. The molecule has 0 bridgehead atoms. The van der Waals surface area contributed by atoms with Crippen LogP contribution in [0.1, 0.15) is 58.6 Å². The maximum atomic E-state index is 6.72. The number of nitrogens with zero attached hydrogens (tertiary/aromatic N) is 1. The predicted octanol–water partition coefficient (Wildman–Crippen LogP) is 3.87. The van der Waals surface area contributed by atoms with Gasteiger partial charge in [-0.3, -0.25) is 4.98 Å². The van der Waals surface area contributed by atoms with Crippen molar-refractivity contribution in [3.8, 4) is 5.75 Å². The molecule has 2 atom stereocenters. The van der Waals surface area contributed by atoms with Crippen molar-refractivity contribution in [1.82, 2.24) is 4.98 Å². The van der Waals surface area contributed by atoms with Crippen LogP contribution in [0.5, 0.6) is 5.75 Å². The zero-order chi connectivity index (χ0) is 14.8. The van der Waals surface area contributed by atoms with E-state index in [4.69, 9.17) is 10.5 Å². The molecule has 2 N–H and O–H groups in total. The average molecular weight is 276 g/mol. The summed E-state index contributed by atoms with van der Waals surface area (Å²) in [6, 6.07) is 3.86. The molecule has 0 radical (unpaired) electrons. The normalized spacial score (nSPS) is 27.9. The van der Waals surface area contributed by atoms with E-state index in [1.807, 2.05) is 18.3 Å². The highest BCUT2D eigenvalue weighted by Crippen LogP contribution is 2.43. The molecule has 1 aliphatic rings. The Morgan fingerprint density at radius 1 is 1.30 bits per heavy atom. The van der Waals surface area contributed by atoms with Gasteiger partial charge < -0.3 is 10.5 Å². The van der Waals surface area contributed by atoms with Crippen LogP contribution in [0.3, 0.4) is 0 Å². The Hall–Kier alpha value is -1.09. The summed E-state index contributed by atoms with van der Waals surface area (Å²) < 4.78 is 5.46. The Morgan fingerprint density at radius 2 is 2.05 bits per heavy atom. The molecule has 2 rings (SSSR count). The van der Waals surface area contributed by atoms with Gasteiger partial charge in [0.15, 0.2) is 0 Å². The van der Waals surface area contributed by atoms with Crippen LogP contribution in [0.2, 0.25) is 0 Å². The quantitative estimate of drug-likeness (QED) is 0.834. The van der Waals surface area contributed by atoms with Gasteiger partial charge in [0.05, 0.1) is 12.6 Å². The summed E-state index contributed by atoms with van der Waals surface area (Å²) in [5.41, 5.74) is 7.67. The van der Waals surface area contributed by atoms with E-state index in [0.717, 1.165) is 36.6 Å². The molecule has 1 aromatic rings. The number of methoxy groups -OCH3 is 1. The van der Waals surface area contributed by atoms with E-state index in [0.29, 0.717) is 5.41 Å². The molecule has 3 nitrogen and oxygen atoms in total. The molecule has 1 heterocycles. The molecule has 1 saturated carbocycles. The van der Waals surface area contributed by atoms with Gasteiger partial charge in [0.25, 0.3) is 0 Å². The fraction of sp³-hybridized carbons (Fsp3) is 0.706. The van der Waals surface area contributed by atoms with Crippen LogP contribution >= 0.6 is 0 Å². The second kappa shape index (κ2) is 5.72. The summed E-state index contributed by atoms with van der Waals surface area (Å²) in [4.78, 5) is 4.52. The Kier molecular flexibility index (Phi) is 4.38. The van der Waals surface area contributed by atoms with Gasteiger partial charge in [0.2, 0.25) is 0 Å². The van der Waals surface area contributed by atoms with Gasteiger partial charge in [-0.05, 0) is 49.1 Å². The van der Waals surface area contributed by atoms with Crippen molar-refractivity contribution in [2.45, 2.75) is 58.4 Å². The van der Waals surface area contributed by atoms with Crippen molar-refractivity contribution in [2.24, 2.45) is 17.1 Å². The van der Waals surface area contributed by atoms with Gasteiger partial charge >= 0.3 is 0 Å². The minimum Gasteiger partial charge on any atom is -0.495 e. The molecule has 0 aromatic carbocycles. The third kappa shape index (κ3) is 3.14. The standard InChI is InChI=1S/C17H28N2O/c1-16(2,3)13-7-5-10-17(18,11-9-13)15-14(20-4)8-6-12-19-15/h6,8,12-13H,5,7,9-11,18H2,1-4H3. The van der Waals surface area contributed by atoms with Crippen LogP contribution in [0.25, 0.3) is 0 Å². The van der Waals surface area contributed by atoms with Gasteiger partial charge in [0.1, 0.15) is 11.4 Å². The lowest BCUT2D eigenvalue weighted by atomic mass is 9.76. The average Bonchev–Trinajstić information content (AvgIpc) is 2.61. The van der Waals surface area contributed by atoms with Crippen molar-refractivity contribution in [3.05, 3.63) is 24.0 Å². The van der Waals surface area contributed by atoms with E-state index in [1.165, 1.54) is 12.8 Å². The summed E-state index contributed by atoms with van der Waals surface area (Å²) in [6.45, 7) is 7.01. The lowest BCUT2D eigenvalue weighted by Gasteiger charge is -2.31. The molecular formula is C17H28N2O.